The fourth-order valence-corrected chi connectivity index (χ4v) is 2.92. The van der Waals surface area contributed by atoms with Crippen LogP contribution < -0.4 is 4.90 Å². The van der Waals surface area contributed by atoms with Gasteiger partial charge in [0.1, 0.15) is 5.82 Å². The number of hydrogen-bond donors (Lipinski definition) is 0. The smallest absolute Gasteiger partial charge is 0.243 e. The molecule has 1 aliphatic rings. The van der Waals surface area contributed by atoms with Crippen LogP contribution in [0.5, 0.6) is 0 Å². The minimum Gasteiger partial charge on any atom is -0.363 e. The Morgan fingerprint density at radius 3 is 2.82 bits per heavy atom. The molecule has 0 amide bonds. The number of anilines is 1. The molecule has 6 nitrogen and oxygen atoms in total. The second-order valence-corrected chi connectivity index (χ2v) is 6.08. The van der Waals surface area contributed by atoms with Crippen molar-refractivity contribution in [3.8, 4) is 0 Å². The van der Waals surface area contributed by atoms with E-state index in [1.807, 2.05) is 32.1 Å². The zero-order valence-electron chi connectivity index (χ0n) is 13.5. The Morgan fingerprint density at radius 1 is 1.32 bits per heavy atom. The first-order valence-corrected chi connectivity index (χ1v) is 7.80. The van der Waals surface area contributed by atoms with E-state index in [0.717, 1.165) is 31.2 Å². The van der Waals surface area contributed by atoms with Crippen molar-refractivity contribution in [3.63, 3.8) is 0 Å². The summed E-state index contributed by atoms with van der Waals surface area (Å²) in [6.45, 7) is 3.79. The summed E-state index contributed by atoms with van der Waals surface area (Å²) in [5.74, 6) is 2.43. The van der Waals surface area contributed by atoms with Gasteiger partial charge in [-0.15, -0.1) is 0 Å². The molecule has 2 aromatic rings. The monoisotopic (exact) mass is 301 g/mol. The number of hydrogen-bond acceptors (Lipinski definition) is 6. The predicted octanol–water partition coefficient (Wildman–Crippen LogP) is 2.57. The second kappa shape index (κ2) is 6.44. The van der Waals surface area contributed by atoms with E-state index >= 15 is 0 Å². The molecule has 0 N–H and O–H groups in total. The van der Waals surface area contributed by atoms with Crippen LogP contribution in [0.1, 0.15) is 42.6 Å². The lowest BCUT2D eigenvalue weighted by atomic mass is 10.0. The fraction of sp³-hybridized carbons (Fsp3) is 0.562. The highest BCUT2D eigenvalue weighted by molar-refractivity contribution is 5.37. The van der Waals surface area contributed by atoms with Gasteiger partial charge in [-0.1, -0.05) is 17.6 Å². The maximum absolute atomic E-state index is 5.40. The third-order valence-electron chi connectivity index (χ3n) is 4.09. The maximum atomic E-state index is 5.40. The lowest BCUT2D eigenvalue weighted by Gasteiger charge is -2.33. The molecule has 3 rings (SSSR count). The molecule has 1 saturated heterocycles. The fourth-order valence-electron chi connectivity index (χ4n) is 2.92. The van der Waals surface area contributed by atoms with E-state index < -0.39 is 0 Å². The highest BCUT2D eigenvalue weighted by Crippen LogP contribution is 2.31. The quantitative estimate of drug-likeness (QED) is 0.865. The molecule has 3 heterocycles. The number of aromatic nitrogens is 3. The van der Waals surface area contributed by atoms with Crippen LogP contribution in [0, 0.1) is 6.92 Å². The Labute approximate surface area is 131 Å². The van der Waals surface area contributed by atoms with Crippen LogP contribution >= 0.6 is 0 Å². The van der Waals surface area contributed by atoms with Crippen molar-refractivity contribution in [2.45, 2.75) is 38.8 Å². The van der Waals surface area contributed by atoms with E-state index in [0.29, 0.717) is 5.82 Å². The molecule has 0 radical (unpaired) electrons. The molecule has 0 unspecified atom stereocenters. The van der Waals surface area contributed by atoms with E-state index in [2.05, 4.69) is 32.2 Å². The molecule has 0 spiro atoms. The summed E-state index contributed by atoms with van der Waals surface area (Å²) >= 11 is 0. The molecule has 6 heteroatoms. The lowest BCUT2D eigenvalue weighted by molar-refractivity contribution is 0.111. The standard InChI is InChI=1S/C16H23N5O/c1-12-18-16(22-19-12)14-6-4-5-9-21(14)11-13-7-8-15(17-10-13)20(2)3/h7-8,10,14H,4-6,9,11H2,1-3H3/t14-/m0/s1. The molecule has 1 atom stereocenters. The zero-order valence-corrected chi connectivity index (χ0v) is 13.5. The minimum absolute atomic E-state index is 0.225. The molecule has 2 aromatic heterocycles. The number of nitrogens with zero attached hydrogens (tertiary/aromatic N) is 5. The summed E-state index contributed by atoms with van der Waals surface area (Å²) in [5.41, 5.74) is 1.22. The van der Waals surface area contributed by atoms with E-state index in [1.54, 1.807) is 0 Å². The largest absolute Gasteiger partial charge is 0.363 e. The Kier molecular flexibility index (Phi) is 4.38. The molecule has 0 bridgehead atoms. The zero-order chi connectivity index (χ0) is 15.5. The number of likely N-dealkylation sites (tertiary alicyclic amines) is 1. The van der Waals surface area contributed by atoms with Crippen LogP contribution in [-0.2, 0) is 6.54 Å². The first-order valence-electron chi connectivity index (χ1n) is 7.80. The summed E-state index contributed by atoms with van der Waals surface area (Å²) < 4.78 is 5.40. The highest BCUT2D eigenvalue weighted by atomic mass is 16.5. The lowest BCUT2D eigenvalue weighted by Crippen LogP contribution is -2.33. The third-order valence-corrected chi connectivity index (χ3v) is 4.09. The molecular weight excluding hydrogens is 278 g/mol. The van der Waals surface area contributed by atoms with Crippen LogP contribution in [0.3, 0.4) is 0 Å². The van der Waals surface area contributed by atoms with Crippen LogP contribution in [0.2, 0.25) is 0 Å². The SMILES string of the molecule is Cc1noc([C@@H]2CCCCN2Cc2ccc(N(C)C)nc2)n1. The molecule has 0 saturated carbocycles. The molecule has 118 valence electrons. The first kappa shape index (κ1) is 15.0. The van der Waals surface area contributed by atoms with Crippen molar-refractivity contribution in [1.29, 1.82) is 0 Å². The van der Waals surface area contributed by atoms with Gasteiger partial charge >= 0.3 is 0 Å². The van der Waals surface area contributed by atoms with E-state index in [1.165, 1.54) is 18.4 Å². The van der Waals surface area contributed by atoms with Gasteiger partial charge in [-0.05, 0) is 37.9 Å². The number of aryl methyl sites for hydroxylation is 1. The van der Waals surface area contributed by atoms with Crippen molar-refractivity contribution in [3.05, 3.63) is 35.6 Å². The van der Waals surface area contributed by atoms with Gasteiger partial charge in [0.05, 0.1) is 6.04 Å². The molecular formula is C16H23N5O. The van der Waals surface area contributed by atoms with E-state index in [4.69, 9.17) is 4.52 Å². The van der Waals surface area contributed by atoms with Crippen molar-refractivity contribution < 1.29 is 4.52 Å². The van der Waals surface area contributed by atoms with Gasteiger partial charge in [0.25, 0.3) is 0 Å². The van der Waals surface area contributed by atoms with Gasteiger partial charge in [0.15, 0.2) is 5.82 Å². The first-order chi connectivity index (χ1) is 10.6. The van der Waals surface area contributed by atoms with Crippen molar-refractivity contribution in [2.24, 2.45) is 0 Å². The van der Waals surface area contributed by atoms with Crippen LogP contribution in [0.15, 0.2) is 22.9 Å². The summed E-state index contributed by atoms with van der Waals surface area (Å²) in [4.78, 5) is 13.3. The number of rotatable bonds is 4. The summed E-state index contributed by atoms with van der Waals surface area (Å²) in [7, 11) is 4.00. The van der Waals surface area contributed by atoms with Gasteiger partial charge in [-0.2, -0.15) is 4.98 Å². The normalized spacial score (nSPS) is 19.3. The van der Waals surface area contributed by atoms with Crippen LogP contribution in [-0.4, -0.2) is 40.7 Å². The molecule has 1 aliphatic heterocycles. The van der Waals surface area contributed by atoms with Crippen molar-refractivity contribution >= 4 is 5.82 Å². The average molecular weight is 301 g/mol. The predicted molar refractivity (Wildman–Crippen MR) is 84.6 cm³/mol. The van der Waals surface area contributed by atoms with Crippen LogP contribution in [0.25, 0.3) is 0 Å². The minimum atomic E-state index is 0.225. The Bertz CT molecular complexity index is 607. The topological polar surface area (TPSA) is 58.3 Å². The van der Waals surface area contributed by atoms with E-state index in [9.17, 15) is 0 Å². The molecule has 0 aliphatic carbocycles. The number of piperidine rings is 1. The summed E-state index contributed by atoms with van der Waals surface area (Å²) in [6, 6.07) is 4.43. The highest BCUT2D eigenvalue weighted by Gasteiger charge is 2.28. The summed E-state index contributed by atoms with van der Waals surface area (Å²) in [6.07, 6.45) is 5.46. The Hall–Kier alpha value is -1.95. The average Bonchev–Trinajstić information content (AvgIpc) is 2.95. The van der Waals surface area contributed by atoms with Gasteiger partial charge < -0.3 is 9.42 Å². The van der Waals surface area contributed by atoms with E-state index in [-0.39, 0.29) is 6.04 Å². The molecule has 1 fully saturated rings. The van der Waals surface area contributed by atoms with Crippen LogP contribution in [0.4, 0.5) is 5.82 Å². The third kappa shape index (κ3) is 3.27. The molecule has 0 aromatic carbocycles. The molecule has 22 heavy (non-hydrogen) atoms. The second-order valence-electron chi connectivity index (χ2n) is 6.08. The van der Waals surface area contributed by atoms with Gasteiger partial charge in [-0.3, -0.25) is 4.90 Å². The number of pyridine rings is 1. The van der Waals surface area contributed by atoms with Gasteiger partial charge in [-0.25, -0.2) is 4.98 Å². The maximum Gasteiger partial charge on any atom is 0.243 e. The van der Waals surface area contributed by atoms with Gasteiger partial charge in [0, 0.05) is 26.8 Å². The van der Waals surface area contributed by atoms with Crippen molar-refractivity contribution in [1.82, 2.24) is 20.0 Å². The summed E-state index contributed by atoms with van der Waals surface area (Å²) in [5, 5.41) is 3.93. The van der Waals surface area contributed by atoms with Crippen molar-refractivity contribution in [2.75, 3.05) is 25.5 Å². The van der Waals surface area contributed by atoms with Gasteiger partial charge in [0.2, 0.25) is 5.89 Å². The Balaban J connectivity index is 1.73. The Morgan fingerprint density at radius 2 is 2.18 bits per heavy atom.